The van der Waals surface area contributed by atoms with Crippen molar-refractivity contribution in [2.75, 3.05) is 0 Å². The van der Waals surface area contributed by atoms with E-state index in [9.17, 15) is 0 Å². The molecule has 1 aliphatic carbocycles. The van der Waals surface area contributed by atoms with Crippen molar-refractivity contribution in [3.63, 3.8) is 0 Å². The molecule has 0 heterocycles. The molecule has 0 aliphatic heterocycles. The maximum Gasteiger partial charge on any atom is 0.276 e. The summed E-state index contributed by atoms with van der Waals surface area (Å²) in [5.74, 6) is 1.24. The Hall–Kier alpha value is -1.59. The van der Waals surface area contributed by atoms with Gasteiger partial charge in [0.1, 0.15) is 0 Å². The van der Waals surface area contributed by atoms with Crippen LogP contribution >= 0.6 is 0 Å². The van der Waals surface area contributed by atoms with Gasteiger partial charge in [-0.15, -0.1) is 0 Å². The zero-order chi connectivity index (χ0) is 17.9. The third-order valence-corrected chi connectivity index (χ3v) is 12.3. The van der Waals surface area contributed by atoms with Crippen molar-refractivity contribution in [3.8, 4) is 0 Å². The first kappa shape index (κ1) is 18.2. The standard InChI is InChI=1S/C22H30OSi2/c1-24(2,20-13-7-5-8-14-20)22-17-11-12-19(18-22)23-25(3,4)21-15-9-6-10-16-21/h5-10,13-16,18,22H,11-12,17H2,1-4H3. The molecule has 0 bridgehead atoms. The van der Waals surface area contributed by atoms with E-state index < -0.39 is 16.4 Å². The van der Waals surface area contributed by atoms with E-state index in [1.54, 1.807) is 5.19 Å². The highest BCUT2D eigenvalue weighted by Crippen LogP contribution is 2.36. The summed E-state index contributed by atoms with van der Waals surface area (Å²) in [5, 5.41) is 2.93. The van der Waals surface area contributed by atoms with E-state index in [1.165, 1.54) is 23.8 Å². The van der Waals surface area contributed by atoms with Gasteiger partial charge in [-0.25, -0.2) is 0 Å². The summed E-state index contributed by atoms with van der Waals surface area (Å²) in [6.45, 7) is 9.64. The Morgan fingerprint density at radius 2 is 1.36 bits per heavy atom. The third kappa shape index (κ3) is 4.15. The smallest absolute Gasteiger partial charge is 0.276 e. The molecule has 0 saturated heterocycles. The number of benzene rings is 2. The van der Waals surface area contributed by atoms with Crippen LogP contribution in [0.15, 0.2) is 72.5 Å². The van der Waals surface area contributed by atoms with Crippen LogP contribution in [-0.4, -0.2) is 16.4 Å². The van der Waals surface area contributed by atoms with Gasteiger partial charge in [0.25, 0.3) is 8.32 Å². The Kier molecular flexibility index (Phi) is 5.35. The lowest BCUT2D eigenvalue weighted by atomic mass is 10.1. The molecule has 25 heavy (non-hydrogen) atoms. The van der Waals surface area contributed by atoms with E-state index in [-0.39, 0.29) is 0 Å². The van der Waals surface area contributed by atoms with Gasteiger partial charge >= 0.3 is 0 Å². The highest BCUT2D eigenvalue weighted by atomic mass is 28.4. The van der Waals surface area contributed by atoms with Crippen molar-refractivity contribution in [2.45, 2.75) is 51.0 Å². The molecule has 0 aromatic heterocycles. The van der Waals surface area contributed by atoms with Crippen LogP contribution in [-0.2, 0) is 4.43 Å². The van der Waals surface area contributed by atoms with E-state index in [4.69, 9.17) is 4.43 Å². The summed E-state index contributed by atoms with van der Waals surface area (Å²) in [6.07, 6.45) is 6.13. The fourth-order valence-corrected chi connectivity index (χ4v) is 8.80. The van der Waals surface area contributed by atoms with Crippen molar-refractivity contribution < 1.29 is 4.43 Å². The molecule has 2 aromatic carbocycles. The van der Waals surface area contributed by atoms with Crippen molar-refractivity contribution in [3.05, 3.63) is 72.5 Å². The molecule has 132 valence electrons. The Balaban J connectivity index is 1.81. The van der Waals surface area contributed by atoms with Gasteiger partial charge in [-0.1, -0.05) is 78.9 Å². The number of allylic oxidation sites excluding steroid dienone is 2. The lowest BCUT2D eigenvalue weighted by Crippen LogP contribution is -2.47. The normalized spacial score (nSPS) is 18.6. The fourth-order valence-electron chi connectivity index (χ4n) is 3.85. The summed E-state index contributed by atoms with van der Waals surface area (Å²) >= 11 is 0. The average molecular weight is 367 g/mol. The molecule has 3 heteroatoms. The first-order valence-corrected chi connectivity index (χ1v) is 15.4. The van der Waals surface area contributed by atoms with Gasteiger partial charge in [0.15, 0.2) is 0 Å². The third-order valence-electron chi connectivity index (χ3n) is 5.63. The molecular weight excluding hydrogens is 336 g/mol. The molecular formula is C22H30OSi2. The second kappa shape index (κ2) is 7.34. The van der Waals surface area contributed by atoms with Crippen LogP contribution in [0.2, 0.25) is 31.7 Å². The molecule has 1 atom stereocenters. The first-order valence-electron chi connectivity index (χ1n) is 9.40. The van der Waals surface area contributed by atoms with E-state index in [2.05, 4.69) is 92.9 Å². The molecule has 0 saturated carbocycles. The lowest BCUT2D eigenvalue weighted by Gasteiger charge is -2.36. The summed E-state index contributed by atoms with van der Waals surface area (Å²) < 4.78 is 6.65. The second-order valence-corrected chi connectivity index (χ2v) is 16.8. The molecule has 0 N–H and O–H groups in total. The fraction of sp³-hybridized carbons (Fsp3) is 0.364. The van der Waals surface area contributed by atoms with Gasteiger partial charge in [-0.05, 0) is 42.7 Å². The zero-order valence-electron chi connectivity index (χ0n) is 16.0. The van der Waals surface area contributed by atoms with Gasteiger partial charge in [0.2, 0.25) is 0 Å². The minimum absolute atomic E-state index is 0.666. The predicted molar refractivity (Wildman–Crippen MR) is 114 cm³/mol. The highest BCUT2D eigenvalue weighted by Gasteiger charge is 2.35. The highest BCUT2D eigenvalue weighted by molar-refractivity contribution is 6.91. The second-order valence-electron chi connectivity index (χ2n) is 8.20. The maximum absolute atomic E-state index is 6.65. The van der Waals surface area contributed by atoms with E-state index in [0.717, 1.165) is 6.42 Å². The molecule has 1 aliphatic rings. The SMILES string of the molecule is C[Si](C)(OC1=CC([Si](C)(C)c2ccccc2)CCC1)c1ccccc1. The Morgan fingerprint density at radius 1 is 0.800 bits per heavy atom. The van der Waals surface area contributed by atoms with Crippen LogP contribution in [0.25, 0.3) is 0 Å². The Morgan fingerprint density at radius 3 is 1.96 bits per heavy atom. The quantitative estimate of drug-likeness (QED) is 0.663. The Labute approximate surface area is 154 Å². The number of hydrogen-bond donors (Lipinski definition) is 0. The molecule has 0 spiro atoms. The zero-order valence-corrected chi connectivity index (χ0v) is 18.0. The van der Waals surface area contributed by atoms with Crippen LogP contribution in [0.4, 0.5) is 0 Å². The van der Waals surface area contributed by atoms with Crippen molar-refractivity contribution in [2.24, 2.45) is 0 Å². The summed E-state index contributed by atoms with van der Waals surface area (Å²) in [6, 6.07) is 21.9. The van der Waals surface area contributed by atoms with Gasteiger partial charge in [0, 0.05) is 6.42 Å². The lowest BCUT2D eigenvalue weighted by molar-refractivity contribution is 0.383. The predicted octanol–water partition coefficient (Wildman–Crippen LogP) is 5.17. The number of rotatable bonds is 5. The molecule has 3 rings (SSSR count). The van der Waals surface area contributed by atoms with Crippen LogP contribution in [0.1, 0.15) is 19.3 Å². The monoisotopic (exact) mass is 366 g/mol. The van der Waals surface area contributed by atoms with Crippen LogP contribution in [0, 0.1) is 0 Å². The van der Waals surface area contributed by atoms with Crippen molar-refractivity contribution in [1.29, 1.82) is 0 Å². The molecule has 2 aromatic rings. The van der Waals surface area contributed by atoms with Gasteiger partial charge in [-0.2, -0.15) is 0 Å². The molecule has 1 unspecified atom stereocenters. The minimum atomic E-state index is -1.89. The summed E-state index contributed by atoms with van der Waals surface area (Å²) in [5.41, 5.74) is 0.666. The Bertz CT molecular complexity index is 720. The van der Waals surface area contributed by atoms with E-state index >= 15 is 0 Å². The van der Waals surface area contributed by atoms with Crippen LogP contribution in [0.5, 0.6) is 0 Å². The maximum atomic E-state index is 6.65. The van der Waals surface area contributed by atoms with Gasteiger partial charge in [-0.3, -0.25) is 0 Å². The molecule has 0 fully saturated rings. The summed E-state index contributed by atoms with van der Waals surface area (Å²) in [4.78, 5) is 0. The van der Waals surface area contributed by atoms with Crippen LogP contribution < -0.4 is 10.4 Å². The van der Waals surface area contributed by atoms with Gasteiger partial charge < -0.3 is 4.43 Å². The van der Waals surface area contributed by atoms with Crippen molar-refractivity contribution in [1.82, 2.24) is 0 Å². The topological polar surface area (TPSA) is 9.23 Å². The first-order chi connectivity index (χ1) is 11.9. The van der Waals surface area contributed by atoms with Crippen molar-refractivity contribution >= 4 is 26.8 Å². The van der Waals surface area contributed by atoms with Gasteiger partial charge in [0.05, 0.1) is 13.8 Å². The van der Waals surface area contributed by atoms with E-state index in [0.29, 0.717) is 5.54 Å². The largest absolute Gasteiger partial charge is 0.543 e. The molecule has 1 nitrogen and oxygen atoms in total. The van der Waals surface area contributed by atoms with E-state index in [1.807, 2.05) is 0 Å². The average Bonchev–Trinajstić information content (AvgIpc) is 2.63. The minimum Gasteiger partial charge on any atom is -0.543 e. The molecule has 0 radical (unpaired) electrons. The summed E-state index contributed by atoms with van der Waals surface area (Å²) in [7, 11) is -3.40. The number of hydrogen-bond acceptors (Lipinski definition) is 1. The van der Waals surface area contributed by atoms with Crippen LogP contribution in [0.3, 0.4) is 0 Å². The molecule has 0 amide bonds.